The van der Waals surface area contributed by atoms with Crippen LogP contribution in [0.15, 0.2) is 75.9 Å². The Morgan fingerprint density at radius 1 is 0.875 bits per heavy atom. The molecule has 0 bridgehead atoms. The fraction of sp³-hybridized carbons (Fsp3) is 0.160. The summed E-state index contributed by atoms with van der Waals surface area (Å²) >= 11 is 0. The van der Waals surface area contributed by atoms with E-state index in [1.165, 1.54) is 30.3 Å². The van der Waals surface area contributed by atoms with Crippen LogP contribution in [0.1, 0.15) is 22.5 Å². The first kappa shape index (κ1) is 21.5. The van der Waals surface area contributed by atoms with Crippen molar-refractivity contribution in [1.82, 2.24) is 0 Å². The van der Waals surface area contributed by atoms with Crippen LogP contribution in [-0.4, -0.2) is 0 Å². The summed E-state index contributed by atoms with van der Waals surface area (Å²) in [6.07, 6.45) is -4.93. The van der Waals surface area contributed by atoms with E-state index in [-0.39, 0.29) is 29.1 Å². The van der Waals surface area contributed by atoms with Gasteiger partial charge in [0.25, 0.3) is 5.76 Å². The Hall–Kier alpha value is -3.74. The fourth-order valence-electron chi connectivity index (χ4n) is 3.29. The summed E-state index contributed by atoms with van der Waals surface area (Å²) in [5.41, 5.74) is 1.60. The third kappa shape index (κ3) is 4.61. The second kappa shape index (κ2) is 8.42. The van der Waals surface area contributed by atoms with Crippen LogP contribution in [0.3, 0.4) is 0 Å². The minimum absolute atomic E-state index is 0.0384. The average Bonchev–Trinajstić information content (AvgIpc) is 2.73. The highest BCUT2D eigenvalue weighted by Crippen LogP contribution is 2.38. The molecule has 164 valence electrons. The normalized spacial score (nSPS) is 11.5. The lowest BCUT2D eigenvalue weighted by atomic mass is 10.1. The van der Waals surface area contributed by atoms with Gasteiger partial charge in [-0.05, 0) is 49.2 Å². The first-order valence-corrected chi connectivity index (χ1v) is 9.81. The highest BCUT2D eigenvalue weighted by molar-refractivity contribution is 5.79. The Morgan fingerprint density at radius 2 is 1.59 bits per heavy atom. The van der Waals surface area contributed by atoms with Gasteiger partial charge in [-0.1, -0.05) is 42.0 Å². The van der Waals surface area contributed by atoms with Crippen LogP contribution in [0.5, 0.6) is 17.2 Å². The Kier molecular flexibility index (Phi) is 5.65. The highest BCUT2D eigenvalue weighted by atomic mass is 19.4. The van der Waals surface area contributed by atoms with E-state index in [4.69, 9.17) is 13.9 Å². The third-order valence-corrected chi connectivity index (χ3v) is 4.78. The van der Waals surface area contributed by atoms with Gasteiger partial charge in [0, 0.05) is 6.07 Å². The van der Waals surface area contributed by atoms with Crippen LogP contribution in [0.2, 0.25) is 0 Å². The topological polar surface area (TPSA) is 48.7 Å². The van der Waals surface area contributed by atoms with Gasteiger partial charge in [0.05, 0.1) is 5.39 Å². The lowest BCUT2D eigenvalue weighted by molar-refractivity contribution is -0.154. The lowest BCUT2D eigenvalue weighted by Crippen LogP contribution is -2.15. The maximum atomic E-state index is 13.7. The minimum Gasteiger partial charge on any atom is -0.489 e. The molecule has 0 unspecified atom stereocenters. The van der Waals surface area contributed by atoms with E-state index in [1.807, 2.05) is 31.2 Å². The SMILES string of the molecule is Cc1cccc(COc2ccc3c(=O)c(Oc4cccc(C)c4)c(C(F)(F)F)oc3c2)c1. The summed E-state index contributed by atoms with van der Waals surface area (Å²) in [5.74, 6) is -2.00. The van der Waals surface area contributed by atoms with Gasteiger partial charge >= 0.3 is 6.18 Å². The molecule has 0 amide bonds. The predicted molar refractivity (Wildman–Crippen MR) is 114 cm³/mol. The number of alkyl halides is 3. The average molecular weight is 440 g/mol. The van der Waals surface area contributed by atoms with E-state index in [1.54, 1.807) is 19.1 Å². The number of fused-ring (bicyclic) bond motifs is 1. The summed E-state index contributed by atoms with van der Waals surface area (Å²) in [7, 11) is 0. The van der Waals surface area contributed by atoms with Gasteiger partial charge in [0.1, 0.15) is 23.7 Å². The second-order valence-corrected chi connectivity index (χ2v) is 7.44. The summed E-state index contributed by atoms with van der Waals surface area (Å²) in [5, 5.41) is -0.0384. The van der Waals surface area contributed by atoms with Crippen molar-refractivity contribution in [3.8, 4) is 17.2 Å². The number of aryl methyl sites for hydroxylation is 2. The maximum absolute atomic E-state index is 13.7. The molecule has 0 spiro atoms. The number of ether oxygens (including phenoxy) is 2. The molecule has 0 aliphatic rings. The third-order valence-electron chi connectivity index (χ3n) is 4.78. The van der Waals surface area contributed by atoms with Gasteiger partial charge in [-0.25, -0.2) is 0 Å². The van der Waals surface area contributed by atoms with Crippen LogP contribution >= 0.6 is 0 Å². The summed E-state index contributed by atoms with van der Waals surface area (Å²) in [6.45, 7) is 3.93. The van der Waals surface area contributed by atoms with Gasteiger partial charge in [0.2, 0.25) is 11.2 Å². The van der Waals surface area contributed by atoms with Crippen molar-refractivity contribution in [3.63, 3.8) is 0 Å². The van der Waals surface area contributed by atoms with Crippen LogP contribution in [0.25, 0.3) is 11.0 Å². The second-order valence-electron chi connectivity index (χ2n) is 7.44. The van der Waals surface area contributed by atoms with E-state index >= 15 is 0 Å². The standard InChI is InChI=1S/C25H19F3O4/c1-15-5-3-7-17(11-15)14-30-18-9-10-20-21(13-18)32-24(25(26,27)28)23(22(20)29)31-19-8-4-6-16(2)12-19/h3-13H,14H2,1-2H3. The van der Waals surface area contributed by atoms with E-state index in [0.29, 0.717) is 0 Å². The van der Waals surface area contributed by atoms with Crippen molar-refractivity contribution in [2.24, 2.45) is 0 Å². The summed E-state index contributed by atoms with van der Waals surface area (Å²) < 4.78 is 57.3. The van der Waals surface area contributed by atoms with Gasteiger partial charge < -0.3 is 13.9 Å². The molecular weight excluding hydrogens is 421 g/mol. The molecule has 0 saturated carbocycles. The zero-order chi connectivity index (χ0) is 22.9. The van der Waals surface area contributed by atoms with Crippen molar-refractivity contribution in [1.29, 1.82) is 0 Å². The molecular formula is C25H19F3O4. The Balaban J connectivity index is 1.73. The van der Waals surface area contributed by atoms with Crippen LogP contribution in [0, 0.1) is 13.8 Å². The zero-order valence-electron chi connectivity index (χ0n) is 17.3. The van der Waals surface area contributed by atoms with E-state index in [2.05, 4.69) is 0 Å². The molecule has 0 fully saturated rings. The van der Waals surface area contributed by atoms with Crippen molar-refractivity contribution < 1.29 is 27.1 Å². The van der Waals surface area contributed by atoms with Crippen molar-refractivity contribution in [2.75, 3.05) is 0 Å². The van der Waals surface area contributed by atoms with Crippen molar-refractivity contribution in [2.45, 2.75) is 26.6 Å². The smallest absolute Gasteiger partial charge is 0.453 e. The van der Waals surface area contributed by atoms with Gasteiger partial charge in [-0.3, -0.25) is 4.79 Å². The largest absolute Gasteiger partial charge is 0.489 e. The fourth-order valence-corrected chi connectivity index (χ4v) is 3.29. The summed E-state index contributed by atoms with van der Waals surface area (Å²) in [6, 6.07) is 18.2. The molecule has 4 rings (SSSR count). The maximum Gasteiger partial charge on any atom is 0.453 e. The molecule has 4 nitrogen and oxygen atoms in total. The number of hydrogen-bond acceptors (Lipinski definition) is 4. The quantitative estimate of drug-likeness (QED) is 0.342. The Bertz CT molecular complexity index is 1340. The highest BCUT2D eigenvalue weighted by Gasteiger charge is 2.40. The van der Waals surface area contributed by atoms with E-state index in [0.717, 1.165) is 16.7 Å². The number of rotatable bonds is 5. The van der Waals surface area contributed by atoms with Crippen molar-refractivity contribution in [3.05, 3.63) is 99.4 Å². The molecule has 32 heavy (non-hydrogen) atoms. The Morgan fingerprint density at radius 3 is 2.28 bits per heavy atom. The minimum atomic E-state index is -4.93. The monoisotopic (exact) mass is 440 g/mol. The molecule has 4 aromatic rings. The Labute approximate surface area is 181 Å². The van der Waals surface area contributed by atoms with Gasteiger partial charge in [0.15, 0.2) is 0 Å². The summed E-state index contributed by atoms with van der Waals surface area (Å²) in [4.78, 5) is 12.9. The van der Waals surface area contributed by atoms with Gasteiger partial charge in [-0.15, -0.1) is 0 Å². The first-order chi connectivity index (χ1) is 15.2. The van der Waals surface area contributed by atoms with Crippen molar-refractivity contribution >= 4 is 11.0 Å². The number of halogens is 3. The number of benzene rings is 3. The van der Waals surface area contributed by atoms with Crippen LogP contribution in [-0.2, 0) is 12.8 Å². The molecule has 0 atom stereocenters. The van der Waals surface area contributed by atoms with Gasteiger partial charge in [-0.2, -0.15) is 13.2 Å². The molecule has 1 aromatic heterocycles. The molecule has 0 radical (unpaired) electrons. The molecule has 7 heteroatoms. The molecule has 0 saturated heterocycles. The predicted octanol–water partition coefficient (Wildman–Crippen LogP) is 6.80. The van der Waals surface area contributed by atoms with Crippen LogP contribution < -0.4 is 14.9 Å². The van der Waals surface area contributed by atoms with E-state index < -0.39 is 23.1 Å². The molecule has 0 aliphatic carbocycles. The number of hydrogen-bond donors (Lipinski definition) is 0. The first-order valence-electron chi connectivity index (χ1n) is 9.81. The lowest BCUT2D eigenvalue weighted by Gasteiger charge is -2.14. The molecule has 0 aliphatic heterocycles. The van der Waals surface area contributed by atoms with Crippen LogP contribution in [0.4, 0.5) is 13.2 Å². The molecule has 0 N–H and O–H groups in total. The molecule has 3 aromatic carbocycles. The zero-order valence-corrected chi connectivity index (χ0v) is 17.3. The molecule has 1 heterocycles. The van der Waals surface area contributed by atoms with E-state index in [9.17, 15) is 18.0 Å².